The first-order chi connectivity index (χ1) is 14.9. The highest BCUT2D eigenvalue weighted by atomic mass is 19.3. The van der Waals surface area contributed by atoms with Crippen LogP contribution < -0.4 is 0 Å². The Bertz CT molecular complexity index is 859. The summed E-state index contributed by atoms with van der Waals surface area (Å²) in [6, 6.07) is 18.4. The van der Waals surface area contributed by atoms with Gasteiger partial charge < -0.3 is 18.9 Å². The van der Waals surface area contributed by atoms with E-state index in [2.05, 4.69) is 0 Å². The van der Waals surface area contributed by atoms with E-state index in [1.807, 2.05) is 60.7 Å². The molecule has 0 amide bonds. The van der Waals surface area contributed by atoms with E-state index in [1.54, 1.807) is 0 Å². The maximum absolute atomic E-state index is 14.5. The van der Waals surface area contributed by atoms with Crippen molar-refractivity contribution in [2.75, 3.05) is 13.2 Å². The average Bonchev–Trinajstić information content (AvgIpc) is 2.75. The SMILES string of the molecule is CC(=O)O[C@H]1[C@H](COCc2ccccc2)[C@@H](COCc2ccccc2)OC(=O)C1(F)F. The third-order valence-corrected chi connectivity index (χ3v) is 4.86. The van der Waals surface area contributed by atoms with Gasteiger partial charge in [0.25, 0.3) is 0 Å². The summed E-state index contributed by atoms with van der Waals surface area (Å²) in [5.74, 6) is -7.75. The lowest BCUT2D eigenvalue weighted by molar-refractivity contribution is -0.246. The van der Waals surface area contributed by atoms with Crippen LogP contribution >= 0.6 is 0 Å². The molecule has 1 aliphatic rings. The monoisotopic (exact) mass is 434 g/mol. The van der Waals surface area contributed by atoms with Crippen LogP contribution in [0.5, 0.6) is 0 Å². The van der Waals surface area contributed by atoms with Crippen LogP contribution in [0.2, 0.25) is 0 Å². The van der Waals surface area contributed by atoms with Crippen molar-refractivity contribution in [1.82, 2.24) is 0 Å². The van der Waals surface area contributed by atoms with Crippen molar-refractivity contribution in [2.24, 2.45) is 5.92 Å². The molecule has 1 heterocycles. The Hall–Kier alpha value is -2.84. The quantitative estimate of drug-likeness (QED) is 0.563. The van der Waals surface area contributed by atoms with Crippen LogP contribution in [0.3, 0.4) is 0 Å². The van der Waals surface area contributed by atoms with Gasteiger partial charge in [-0.15, -0.1) is 0 Å². The lowest BCUT2D eigenvalue weighted by atomic mass is 9.89. The predicted octanol–water partition coefficient (Wildman–Crippen LogP) is 3.53. The summed E-state index contributed by atoms with van der Waals surface area (Å²) in [6.45, 7) is 1.03. The van der Waals surface area contributed by atoms with Crippen LogP contribution in [-0.2, 0) is 41.8 Å². The van der Waals surface area contributed by atoms with E-state index in [9.17, 15) is 18.4 Å². The largest absolute Gasteiger partial charge is 0.455 e. The molecule has 3 rings (SSSR count). The number of carbonyl (C=O) groups is 2. The summed E-state index contributed by atoms with van der Waals surface area (Å²) in [6.07, 6.45) is -3.07. The first-order valence-electron chi connectivity index (χ1n) is 9.87. The molecule has 1 saturated heterocycles. The fourth-order valence-electron chi connectivity index (χ4n) is 3.33. The molecule has 3 atom stereocenters. The van der Waals surface area contributed by atoms with Crippen molar-refractivity contribution in [2.45, 2.75) is 38.3 Å². The number of benzene rings is 2. The number of cyclic esters (lactones) is 1. The van der Waals surface area contributed by atoms with Gasteiger partial charge in [-0.25, -0.2) is 4.79 Å². The third-order valence-electron chi connectivity index (χ3n) is 4.86. The molecule has 2 aromatic carbocycles. The Morgan fingerprint density at radius 3 is 1.97 bits per heavy atom. The van der Waals surface area contributed by atoms with Gasteiger partial charge in [0.15, 0.2) is 6.10 Å². The number of ether oxygens (including phenoxy) is 4. The molecular weight excluding hydrogens is 410 g/mol. The van der Waals surface area contributed by atoms with Crippen molar-refractivity contribution in [3.63, 3.8) is 0 Å². The summed E-state index contributed by atoms with van der Waals surface area (Å²) >= 11 is 0. The maximum Gasteiger partial charge on any atom is 0.381 e. The van der Waals surface area contributed by atoms with E-state index < -0.39 is 36.0 Å². The molecule has 2 aromatic rings. The Morgan fingerprint density at radius 2 is 1.45 bits per heavy atom. The van der Waals surface area contributed by atoms with Gasteiger partial charge >= 0.3 is 17.9 Å². The third kappa shape index (κ3) is 6.08. The topological polar surface area (TPSA) is 71.1 Å². The lowest BCUT2D eigenvalue weighted by Gasteiger charge is -2.40. The molecule has 0 aliphatic carbocycles. The van der Waals surface area contributed by atoms with E-state index in [-0.39, 0.29) is 26.4 Å². The van der Waals surface area contributed by atoms with Crippen LogP contribution in [0.4, 0.5) is 8.78 Å². The minimum Gasteiger partial charge on any atom is -0.455 e. The van der Waals surface area contributed by atoms with Gasteiger partial charge in [0.1, 0.15) is 6.10 Å². The second-order valence-electron chi connectivity index (χ2n) is 7.26. The molecule has 0 aromatic heterocycles. The van der Waals surface area contributed by atoms with Gasteiger partial charge in [-0.05, 0) is 11.1 Å². The molecular formula is C23H24F2O6. The van der Waals surface area contributed by atoms with Crippen LogP contribution in [0, 0.1) is 5.92 Å². The van der Waals surface area contributed by atoms with Crippen molar-refractivity contribution >= 4 is 11.9 Å². The van der Waals surface area contributed by atoms with Gasteiger partial charge in [-0.2, -0.15) is 8.78 Å². The summed E-state index contributed by atoms with van der Waals surface area (Å²) < 4.78 is 50.1. The molecule has 0 spiro atoms. The Labute approximate surface area is 179 Å². The minimum absolute atomic E-state index is 0.145. The van der Waals surface area contributed by atoms with Crippen LogP contribution in [0.1, 0.15) is 18.1 Å². The van der Waals surface area contributed by atoms with Gasteiger partial charge in [-0.1, -0.05) is 60.7 Å². The predicted molar refractivity (Wildman–Crippen MR) is 106 cm³/mol. The summed E-state index contributed by atoms with van der Waals surface area (Å²) in [5.41, 5.74) is 1.73. The molecule has 0 N–H and O–H groups in total. The number of alkyl halides is 2. The van der Waals surface area contributed by atoms with E-state index in [0.717, 1.165) is 18.1 Å². The molecule has 166 valence electrons. The van der Waals surface area contributed by atoms with E-state index in [0.29, 0.717) is 0 Å². The zero-order valence-corrected chi connectivity index (χ0v) is 17.0. The van der Waals surface area contributed by atoms with Gasteiger partial charge in [0, 0.05) is 6.92 Å². The van der Waals surface area contributed by atoms with Gasteiger partial charge in [0.2, 0.25) is 0 Å². The summed E-state index contributed by atoms with van der Waals surface area (Å²) in [5, 5.41) is 0. The van der Waals surface area contributed by atoms with E-state index in [1.165, 1.54) is 0 Å². The first kappa shape index (κ1) is 22.8. The normalized spacial score (nSPS) is 22.5. The maximum atomic E-state index is 14.5. The number of halogens is 2. The molecule has 0 bridgehead atoms. The van der Waals surface area contributed by atoms with Crippen LogP contribution in [0.25, 0.3) is 0 Å². The van der Waals surface area contributed by atoms with E-state index >= 15 is 0 Å². The number of rotatable bonds is 9. The number of esters is 2. The van der Waals surface area contributed by atoms with Crippen molar-refractivity contribution < 1.29 is 37.3 Å². The molecule has 0 radical (unpaired) electrons. The molecule has 8 heteroatoms. The van der Waals surface area contributed by atoms with Gasteiger partial charge in [0.05, 0.1) is 32.3 Å². The Balaban J connectivity index is 1.71. The summed E-state index contributed by atoms with van der Waals surface area (Å²) in [7, 11) is 0. The number of carbonyl (C=O) groups excluding carboxylic acids is 2. The first-order valence-corrected chi connectivity index (χ1v) is 9.87. The fourth-order valence-corrected chi connectivity index (χ4v) is 3.33. The number of hydrogen-bond acceptors (Lipinski definition) is 6. The smallest absolute Gasteiger partial charge is 0.381 e. The van der Waals surface area contributed by atoms with Crippen LogP contribution in [-0.4, -0.2) is 43.3 Å². The molecule has 31 heavy (non-hydrogen) atoms. The van der Waals surface area contributed by atoms with Crippen LogP contribution in [0.15, 0.2) is 60.7 Å². The molecule has 1 fully saturated rings. The summed E-state index contributed by atoms with van der Waals surface area (Å²) in [4.78, 5) is 23.4. The zero-order chi connectivity index (χ0) is 22.3. The minimum atomic E-state index is -3.98. The fraction of sp³-hybridized carbons (Fsp3) is 0.391. The highest BCUT2D eigenvalue weighted by Crippen LogP contribution is 2.37. The van der Waals surface area contributed by atoms with Crippen molar-refractivity contribution in [3.05, 3.63) is 71.8 Å². The molecule has 1 aliphatic heterocycles. The number of hydrogen-bond donors (Lipinski definition) is 0. The highest BCUT2D eigenvalue weighted by molar-refractivity contribution is 5.80. The van der Waals surface area contributed by atoms with Crippen molar-refractivity contribution in [3.8, 4) is 0 Å². The Morgan fingerprint density at radius 1 is 0.935 bits per heavy atom. The highest BCUT2D eigenvalue weighted by Gasteiger charge is 2.61. The Kier molecular flexibility index (Phi) is 7.70. The van der Waals surface area contributed by atoms with E-state index in [4.69, 9.17) is 18.9 Å². The average molecular weight is 434 g/mol. The zero-order valence-electron chi connectivity index (χ0n) is 17.0. The second kappa shape index (κ2) is 10.5. The standard InChI is InChI=1S/C23H24F2O6/c1-16(26)30-21-19(14-28-12-17-8-4-2-5-9-17)20(31-22(27)23(21,24)25)15-29-13-18-10-6-3-7-11-18/h2-11,19-21H,12-15H2,1H3/t19-,20-,21+/m1/s1. The van der Waals surface area contributed by atoms with Gasteiger partial charge in [-0.3, -0.25) is 4.79 Å². The second-order valence-corrected chi connectivity index (χ2v) is 7.26. The molecule has 0 unspecified atom stereocenters. The lowest BCUT2D eigenvalue weighted by Crippen LogP contribution is -2.60. The molecule has 0 saturated carbocycles. The molecule has 6 nitrogen and oxygen atoms in total. The van der Waals surface area contributed by atoms with Crippen molar-refractivity contribution in [1.29, 1.82) is 0 Å².